The zero-order valence-electron chi connectivity index (χ0n) is 10.1. The highest BCUT2D eigenvalue weighted by Gasteiger charge is 2.17. The Hall–Kier alpha value is -0.730. The lowest BCUT2D eigenvalue weighted by atomic mass is 9.81. The molecular weight excluding hydrogens is 186 g/mol. The SMILES string of the molecule is CCNC(N)=NCCC1CCCC(C)C1. The van der Waals surface area contributed by atoms with Crippen molar-refractivity contribution in [1.29, 1.82) is 0 Å². The van der Waals surface area contributed by atoms with Crippen molar-refractivity contribution in [3.63, 3.8) is 0 Å². The largest absolute Gasteiger partial charge is 0.370 e. The van der Waals surface area contributed by atoms with E-state index in [1.54, 1.807) is 0 Å². The quantitative estimate of drug-likeness (QED) is 0.553. The average molecular weight is 211 g/mol. The van der Waals surface area contributed by atoms with Gasteiger partial charge in [-0.15, -0.1) is 0 Å². The lowest BCUT2D eigenvalue weighted by molar-refractivity contribution is 0.273. The number of hydrogen-bond donors (Lipinski definition) is 2. The van der Waals surface area contributed by atoms with E-state index in [1.807, 2.05) is 6.92 Å². The Balaban J connectivity index is 2.16. The van der Waals surface area contributed by atoms with Crippen molar-refractivity contribution in [2.45, 2.75) is 46.0 Å². The van der Waals surface area contributed by atoms with Gasteiger partial charge in [-0.2, -0.15) is 0 Å². The molecule has 3 heteroatoms. The number of aliphatic imine (C=N–C) groups is 1. The summed E-state index contributed by atoms with van der Waals surface area (Å²) in [6.45, 7) is 6.14. The molecule has 88 valence electrons. The Morgan fingerprint density at radius 2 is 2.27 bits per heavy atom. The number of nitrogens with one attached hydrogen (secondary N) is 1. The van der Waals surface area contributed by atoms with Crippen molar-refractivity contribution in [2.24, 2.45) is 22.6 Å². The third-order valence-corrected chi connectivity index (χ3v) is 3.22. The van der Waals surface area contributed by atoms with Gasteiger partial charge in [0, 0.05) is 13.1 Å². The van der Waals surface area contributed by atoms with Crippen molar-refractivity contribution < 1.29 is 0 Å². The monoisotopic (exact) mass is 211 g/mol. The number of rotatable bonds is 4. The molecule has 1 fully saturated rings. The van der Waals surface area contributed by atoms with Crippen LogP contribution in [0.3, 0.4) is 0 Å². The standard InChI is InChI=1S/C12H25N3/c1-3-14-12(13)15-8-7-11-6-4-5-10(2)9-11/h10-11H,3-9H2,1-2H3,(H3,13,14,15). The van der Waals surface area contributed by atoms with Crippen LogP contribution in [-0.4, -0.2) is 19.0 Å². The van der Waals surface area contributed by atoms with Crippen molar-refractivity contribution in [2.75, 3.05) is 13.1 Å². The van der Waals surface area contributed by atoms with Crippen LogP contribution >= 0.6 is 0 Å². The normalized spacial score (nSPS) is 27.7. The van der Waals surface area contributed by atoms with E-state index in [2.05, 4.69) is 17.2 Å². The predicted octanol–water partition coefficient (Wildman–Crippen LogP) is 2.13. The van der Waals surface area contributed by atoms with Gasteiger partial charge >= 0.3 is 0 Å². The fourth-order valence-corrected chi connectivity index (χ4v) is 2.43. The molecule has 0 amide bonds. The van der Waals surface area contributed by atoms with Crippen molar-refractivity contribution in [1.82, 2.24) is 5.32 Å². The van der Waals surface area contributed by atoms with E-state index < -0.39 is 0 Å². The van der Waals surface area contributed by atoms with E-state index in [4.69, 9.17) is 5.73 Å². The predicted molar refractivity (Wildman–Crippen MR) is 65.9 cm³/mol. The summed E-state index contributed by atoms with van der Waals surface area (Å²) >= 11 is 0. The number of guanidine groups is 1. The van der Waals surface area contributed by atoms with Crippen LogP contribution in [0.2, 0.25) is 0 Å². The summed E-state index contributed by atoms with van der Waals surface area (Å²) in [6.07, 6.45) is 6.80. The molecule has 0 bridgehead atoms. The van der Waals surface area contributed by atoms with Crippen LogP contribution in [0.5, 0.6) is 0 Å². The van der Waals surface area contributed by atoms with Gasteiger partial charge in [0.1, 0.15) is 0 Å². The second-order valence-corrected chi connectivity index (χ2v) is 4.72. The van der Waals surface area contributed by atoms with Gasteiger partial charge in [0.25, 0.3) is 0 Å². The van der Waals surface area contributed by atoms with E-state index >= 15 is 0 Å². The van der Waals surface area contributed by atoms with Crippen molar-refractivity contribution in [3.8, 4) is 0 Å². The topological polar surface area (TPSA) is 50.4 Å². The van der Waals surface area contributed by atoms with Crippen LogP contribution in [0.4, 0.5) is 0 Å². The summed E-state index contributed by atoms with van der Waals surface area (Å²) in [7, 11) is 0. The molecule has 2 unspecified atom stereocenters. The molecule has 0 heterocycles. The fraction of sp³-hybridized carbons (Fsp3) is 0.917. The van der Waals surface area contributed by atoms with Gasteiger partial charge < -0.3 is 11.1 Å². The van der Waals surface area contributed by atoms with Gasteiger partial charge in [-0.1, -0.05) is 26.2 Å². The minimum Gasteiger partial charge on any atom is -0.370 e. The Bertz CT molecular complexity index is 201. The molecule has 2 atom stereocenters. The Kier molecular flexibility index (Phi) is 5.51. The maximum atomic E-state index is 5.67. The molecule has 3 nitrogen and oxygen atoms in total. The first-order chi connectivity index (χ1) is 7.22. The first kappa shape index (κ1) is 12.3. The molecule has 1 aliphatic rings. The molecule has 0 spiro atoms. The van der Waals surface area contributed by atoms with Crippen LogP contribution in [-0.2, 0) is 0 Å². The molecule has 1 saturated carbocycles. The van der Waals surface area contributed by atoms with Gasteiger partial charge in [-0.05, 0) is 31.6 Å². The van der Waals surface area contributed by atoms with E-state index in [1.165, 1.54) is 32.1 Å². The smallest absolute Gasteiger partial charge is 0.188 e. The first-order valence-corrected chi connectivity index (χ1v) is 6.26. The molecule has 0 aromatic heterocycles. The summed E-state index contributed by atoms with van der Waals surface area (Å²) in [5.41, 5.74) is 5.67. The third-order valence-electron chi connectivity index (χ3n) is 3.22. The lowest BCUT2D eigenvalue weighted by Gasteiger charge is -2.26. The van der Waals surface area contributed by atoms with Crippen LogP contribution in [0.25, 0.3) is 0 Å². The second-order valence-electron chi connectivity index (χ2n) is 4.72. The Morgan fingerprint density at radius 3 is 2.93 bits per heavy atom. The highest BCUT2D eigenvalue weighted by atomic mass is 15.1. The van der Waals surface area contributed by atoms with E-state index in [-0.39, 0.29) is 0 Å². The van der Waals surface area contributed by atoms with E-state index in [0.29, 0.717) is 5.96 Å². The number of hydrogen-bond acceptors (Lipinski definition) is 1. The van der Waals surface area contributed by atoms with Gasteiger partial charge in [0.05, 0.1) is 0 Å². The molecule has 3 N–H and O–H groups in total. The molecule has 0 aliphatic heterocycles. The second kappa shape index (κ2) is 6.70. The highest BCUT2D eigenvalue weighted by Crippen LogP contribution is 2.30. The molecule has 0 aromatic rings. The van der Waals surface area contributed by atoms with Crippen LogP contribution < -0.4 is 11.1 Å². The van der Waals surface area contributed by atoms with Crippen LogP contribution in [0.1, 0.15) is 46.0 Å². The summed E-state index contributed by atoms with van der Waals surface area (Å²) in [4.78, 5) is 4.32. The Labute approximate surface area is 93.5 Å². The van der Waals surface area contributed by atoms with Gasteiger partial charge in [-0.3, -0.25) is 4.99 Å². The third kappa shape index (κ3) is 5.05. The molecule has 0 radical (unpaired) electrons. The molecule has 15 heavy (non-hydrogen) atoms. The zero-order valence-corrected chi connectivity index (χ0v) is 10.1. The van der Waals surface area contributed by atoms with Gasteiger partial charge in [0.15, 0.2) is 5.96 Å². The molecule has 0 aromatic carbocycles. The fourth-order valence-electron chi connectivity index (χ4n) is 2.43. The maximum Gasteiger partial charge on any atom is 0.188 e. The van der Waals surface area contributed by atoms with E-state index in [9.17, 15) is 0 Å². The summed E-state index contributed by atoms with van der Waals surface area (Å²) in [6, 6.07) is 0. The molecule has 1 aliphatic carbocycles. The lowest BCUT2D eigenvalue weighted by Crippen LogP contribution is -2.31. The Morgan fingerprint density at radius 1 is 1.47 bits per heavy atom. The van der Waals surface area contributed by atoms with Crippen LogP contribution in [0.15, 0.2) is 4.99 Å². The number of nitrogens with two attached hydrogens (primary N) is 1. The summed E-state index contributed by atoms with van der Waals surface area (Å²) < 4.78 is 0. The minimum absolute atomic E-state index is 0.598. The van der Waals surface area contributed by atoms with Gasteiger partial charge in [0.2, 0.25) is 0 Å². The minimum atomic E-state index is 0.598. The molecule has 0 saturated heterocycles. The molecule has 1 rings (SSSR count). The van der Waals surface area contributed by atoms with Gasteiger partial charge in [-0.25, -0.2) is 0 Å². The maximum absolute atomic E-state index is 5.67. The van der Waals surface area contributed by atoms with Crippen LogP contribution in [0, 0.1) is 11.8 Å². The highest BCUT2D eigenvalue weighted by molar-refractivity contribution is 5.77. The van der Waals surface area contributed by atoms with E-state index in [0.717, 1.165) is 24.9 Å². The molecular formula is C12H25N3. The first-order valence-electron chi connectivity index (χ1n) is 6.26. The van der Waals surface area contributed by atoms with Crippen molar-refractivity contribution in [3.05, 3.63) is 0 Å². The zero-order chi connectivity index (χ0) is 11.1. The number of nitrogens with zero attached hydrogens (tertiary/aromatic N) is 1. The summed E-state index contributed by atoms with van der Waals surface area (Å²) in [5.74, 6) is 2.40. The summed E-state index contributed by atoms with van der Waals surface area (Å²) in [5, 5.41) is 3.02. The van der Waals surface area contributed by atoms with Crippen molar-refractivity contribution >= 4 is 5.96 Å². The average Bonchev–Trinajstić information content (AvgIpc) is 2.18.